The summed E-state index contributed by atoms with van der Waals surface area (Å²) < 4.78 is 61.6. The van der Waals surface area contributed by atoms with Crippen LogP contribution in [0.2, 0.25) is 0 Å². The third kappa shape index (κ3) is 6.23. The van der Waals surface area contributed by atoms with Crippen molar-refractivity contribution in [3.05, 3.63) is 41.5 Å². The molecule has 1 aromatic heterocycles. The van der Waals surface area contributed by atoms with Gasteiger partial charge < -0.3 is 9.84 Å². The van der Waals surface area contributed by atoms with Crippen molar-refractivity contribution >= 4 is 27.8 Å². The van der Waals surface area contributed by atoms with Gasteiger partial charge >= 0.3 is 10.2 Å². The second-order valence-corrected chi connectivity index (χ2v) is 9.26. The van der Waals surface area contributed by atoms with Gasteiger partial charge in [0.15, 0.2) is 16.8 Å². The zero-order valence-electron chi connectivity index (χ0n) is 16.8. The molecule has 2 heterocycles. The van der Waals surface area contributed by atoms with Gasteiger partial charge in [0.1, 0.15) is 5.82 Å². The Balaban J connectivity index is 1.70. The summed E-state index contributed by atoms with van der Waals surface area (Å²) >= 11 is 1.02. The van der Waals surface area contributed by atoms with Crippen molar-refractivity contribution in [3.63, 3.8) is 0 Å². The number of piperazine rings is 1. The zero-order chi connectivity index (χ0) is 22.4. The number of nitrogens with one attached hydrogen (secondary N) is 1. The van der Waals surface area contributed by atoms with Crippen molar-refractivity contribution in [2.24, 2.45) is 0 Å². The van der Waals surface area contributed by atoms with E-state index in [0.29, 0.717) is 19.6 Å². The van der Waals surface area contributed by atoms with E-state index >= 15 is 0 Å². The van der Waals surface area contributed by atoms with Gasteiger partial charge in [-0.15, -0.1) is 0 Å². The maximum Gasteiger partial charge on any atom is 0.302 e. The van der Waals surface area contributed by atoms with E-state index < -0.39 is 21.8 Å². The summed E-state index contributed by atoms with van der Waals surface area (Å²) in [5.74, 6) is -1.71. The molecule has 0 saturated carbocycles. The number of ether oxygens (including phenoxy) is 1. The molecule has 1 fully saturated rings. The number of benzene rings is 1. The van der Waals surface area contributed by atoms with Gasteiger partial charge in [0, 0.05) is 50.1 Å². The average molecular weight is 476 g/mol. The molecule has 1 aliphatic rings. The quantitative estimate of drug-likeness (QED) is 0.413. The molecule has 1 aliphatic heterocycles. The summed E-state index contributed by atoms with van der Waals surface area (Å²) in [5.41, 5.74) is 0.138. The minimum atomic E-state index is -3.87. The molecule has 0 spiro atoms. The SMILES string of the molecule is COc1cc(NS(=O)(=O)N2CCN(CCO)CC2)nc(SCc2cccc(F)c2F)n1. The molecule has 31 heavy (non-hydrogen) atoms. The smallest absolute Gasteiger partial charge is 0.302 e. The second kappa shape index (κ2) is 10.5. The van der Waals surface area contributed by atoms with Crippen LogP contribution in [0.25, 0.3) is 0 Å². The molecule has 0 unspecified atom stereocenters. The highest BCUT2D eigenvalue weighted by molar-refractivity contribution is 7.98. The molecule has 1 saturated heterocycles. The Morgan fingerprint density at radius 3 is 2.65 bits per heavy atom. The van der Waals surface area contributed by atoms with Crippen LogP contribution in [0.4, 0.5) is 14.6 Å². The molecule has 0 amide bonds. The van der Waals surface area contributed by atoms with Gasteiger partial charge in [0.2, 0.25) is 5.88 Å². The first kappa shape index (κ1) is 23.6. The fourth-order valence-electron chi connectivity index (χ4n) is 2.96. The Morgan fingerprint density at radius 2 is 1.97 bits per heavy atom. The number of aliphatic hydroxyl groups is 1. The monoisotopic (exact) mass is 475 g/mol. The van der Waals surface area contributed by atoms with Crippen LogP contribution in [0.15, 0.2) is 29.4 Å². The first-order chi connectivity index (χ1) is 14.8. The van der Waals surface area contributed by atoms with Crippen molar-refractivity contribution in [2.45, 2.75) is 10.9 Å². The number of hydrogen-bond donors (Lipinski definition) is 2. The molecular weight excluding hydrogens is 452 g/mol. The van der Waals surface area contributed by atoms with Crippen LogP contribution in [0.3, 0.4) is 0 Å². The number of aliphatic hydroxyl groups excluding tert-OH is 1. The number of halogens is 2. The Bertz CT molecular complexity index is 1000. The van der Waals surface area contributed by atoms with Crippen molar-refractivity contribution < 1.29 is 27.0 Å². The van der Waals surface area contributed by atoms with Crippen LogP contribution in [0.5, 0.6) is 5.88 Å². The van der Waals surface area contributed by atoms with Crippen LogP contribution in [0, 0.1) is 11.6 Å². The van der Waals surface area contributed by atoms with E-state index in [2.05, 4.69) is 14.7 Å². The number of anilines is 1. The summed E-state index contributed by atoms with van der Waals surface area (Å²) in [5, 5.41) is 9.15. The highest BCUT2D eigenvalue weighted by Gasteiger charge is 2.27. The molecule has 0 bridgehead atoms. The molecule has 3 rings (SSSR count). The topological polar surface area (TPSA) is 108 Å². The number of aromatic nitrogens is 2. The Labute approximate surface area is 183 Å². The Morgan fingerprint density at radius 1 is 1.23 bits per heavy atom. The lowest BCUT2D eigenvalue weighted by Gasteiger charge is -2.33. The van der Waals surface area contributed by atoms with Crippen molar-refractivity contribution in [3.8, 4) is 5.88 Å². The molecule has 0 aliphatic carbocycles. The summed E-state index contributed by atoms with van der Waals surface area (Å²) in [6.07, 6.45) is 0. The number of thioether (sulfide) groups is 1. The van der Waals surface area contributed by atoms with E-state index in [0.717, 1.165) is 17.8 Å². The summed E-state index contributed by atoms with van der Waals surface area (Å²) in [6, 6.07) is 5.22. The minimum Gasteiger partial charge on any atom is -0.481 e. The molecule has 2 aromatic rings. The van der Waals surface area contributed by atoms with Crippen molar-refractivity contribution in [1.29, 1.82) is 0 Å². The largest absolute Gasteiger partial charge is 0.481 e. The minimum absolute atomic E-state index is 0.00634. The van der Waals surface area contributed by atoms with Gasteiger partial charge in [-0.25, -0.2) is 13.8 Å². The maximum atomic E-state index is 13.9. The van der Waals surface area contributed by atoms with Crippen LogP contribution in [0.1, 0.15) is 5.56 Å². The van der Waals surface area contributed by atoms with E-state index in [9.17, 15) is 17.2 Å². The maximum absolute atomic E-state index is 13.9. The van der Waals surface area contributed by atoms with Gasteiger partial charge in [-0.3, -0.25) is 9.62 Å². The van der Waals surface area contributed by atoms with E-state index in [1.807, 2.05) is 4.90 Å². The molecule has 9 nitrogen and oxygen atoms in total. The van der Waals surface area contributed by atoms with Crippen molar-refractivity contribution in [2.75, 3.05) is 51.2 Å². The fraction of sp³-hybridized carbons (Fsp3) is 0.444. The number of nitrogens with zero attached hydrogens (tertiary/aromatic N) is 4. The van der Waals surface area contributed by atoms with Gasteiger partial charge in [-0.05, 0) is 6.07 Å². The van der Waals surface area contributed by atoms with Crippen LogP contribution in [-0.2, 0) is 16.0 Å². The lowest BCUT2D eigenvalue weighted by molar-refractivity contribution is 0.152. The van der Waals surface area contributed by atoms with Crippen LogP contribution in [-0.4, -0.2) is 79.1 Å². The molecule has 13 heteroatoms. The number of rotatable bonds is 9. The molecule has 0 atom stereocenters. The van der Waals surface area contributed by atoms with E-state index in [4.69, 9.17) is 9.84 Å². The number of β-amino-alcohol motifs (C(OH)–C–C–N with tert-alkyl or cyclic N) is 1. The van der Waals surface area contributed by atoms with E-state index in [-0.39, 0.29) is 47.9 Å². The molecular formula is C18H23F2N5O4S2. The Kier molecular flexibility index (Phi) is 8.00. The Hall–Kier alpha value is -2.06. The van der Waals surface area contributed by atoms with Crippen molar-refractivity contribution in [1.82, 2.24) is 19.2 Å². The lowest BCUT2D eigenvalue weighted by Crippen LogP contribution is -2.50. The third-order valence-corrected chi connectivity index (χ3v) is 7.01. The molecule has 1 aromatic carbocycles. The molecule has 170 valence electrons. The van der Waals surface area contributed by atoms with E-state index in [1.54, 1.807) is 0 Å². The standard InChI is InChI=1S/C18H23F2N5O4S2/c1-29-16-11-15(23-31(27,28)25-7-5-24(6-8-25)9-10-26)21-18(22-16)30-12-13-3-2-4-14(19)17(13)20/h2-4,11,26H,5-10,12H2,1H3,(H,21,22,23). The van der Waals surface area contributed by atoms with Crippen LogP contribution >= 0.6 is 11.8 Å². The highest BCUT2D eigenvalue weighted by atomic mass is 32.2. The van der Waals surface area contributed by atoms with Gasteiger partial charge in [0.05, 0.1) is 13.7 Å². The second-order valence-electron chi connectivity index (χ2n) is 6.65. The average Bonchev–Trinajstić information content (AvgIpc) is 2.75. The van der Waals surface area contributed by atoms with Crippen LogP contribution < -0.4 is 9.46 Å². The summed E-state index contributed by atoms with van der Waals surface area (Å²) in [4.78, 5) is 10.3. The first-order valence-electron chi connectivity index (χ1n) is 9.42. The van der Waals surface area contributed by atoms with Gasteiger partial charge in [-0.1, -0.05) is 23.9 Å². The summed E-state index contributed by atoms with van der Waals surface area (Å²) in [6.45, 7) is 2.09. The normalized spacial score (nSPS) is 15.7. The zero-order valence-corrected chi connectivity index (χ0v) is 18.4. The highest BCUT2D eigenvalue weighted by Crippen LogP contribution is 2.26. The van der Waals surface area contributed by atoms with E-state index in [1.165, 1.54) is 29.6 Å². The van der Waals surface area contributed by atoms with Gasteiger partial charge in [-0.2, -0.15) is 17.7 Å². The number of methoxy groups -OCH3 is 1. The lowest BCUT2D eigenvalue weighted by atomic mass is 10.2. The third-order valence-electron chi connectivity index (χ3n) is 4.60. The fourth-order valence-corrected chi connectivity index (χ4v) is 4.93. The molecule has 0 radical (unpaired) electrons. The predicted molar refractivity (Wildman–Crippen MR) is 112 cm³/mol. The summed E-state index contributed by atoms with van der Waals surface area (Å²) in [7, 11) is -2.49. The number of hydrogen-bond acceptors (Lipinski definition) is 8. The first-order valence-corrected chi connectivity index (χ1v) is 11.8. The van der Waals surface area contributed by atoms with Gasteiger partial charge in [0.25, 0.3) is 0 Å². The molecule has 2 N–H and O–H groups in total. The predicted octanol–water partition coefficient (Wildman–Crippen LogP) is 1.32.